The van der Waals surface area contributed by atoms with Gasteiger partial charge in [0.25, 0.3) is 11.8 Å². The molecule has 4 rings (SSSR count). The number of urea groups is 1. The molecule has 1 aromatic rings. The van der Waals surface area contributed by atoms with Gasteiger partial charge in [-0.1, -0.05) is 0 Å². The highest BCUT2D eigenvalue weighted by Gasteiger charge is 2.44. The number of carbonyl (C=O) groups excluding carboxylic acids is 2. The molecule has 3 heterocycles. The van der Waals surface area contributed by atoms with E-state index in [1.54, 1.807) is 0 Å². The van der Waals surface area contributed by atoms with E-state index in [0.29, 0.717) is 5.71 Å². The van der Waals surface area contributed by atoms with Crippen molar-refractivity contribution in [3.8, 4) is 5.75 Å². The first-order valence-electron chi connectivity index (χ1n) is 7.17. The van der Waals surface area contributed by atoms with Gasteiger partial charge in [-0.05, 0) is 36.8 Å². The van der Waals surface area contributed by atoms with Crippen molar-refractivity contribution in [3.05, 3.63) is 41.0 Å². The molecule has 118 valence electrons. The van der Waals surface area contributed by atoms with E-state index in [-0.39, 0.29) is 11.7 Å². The van der Waals surface area contributed by atoms with Gasteiger partial charge in [-0.25, -0.2) is 4.79 Å². The summed E-state index contributed by atoms with van der Waals surface area (Å²) in [6.45, 7) is 2.00. The van der Waals surface area contributed by atoms with Crippen LogP contribution in [0.25, 0.3) is 0 Å². The minimum Gasteiger partial charge on any atom is -0.490 e. The van der Waals surface area contributed by atoms with E-state index in [1.165, 1.54) is 6.08 Å². The van der Waals surface area contributed by atoms with E-state index in [9.17, 15) is 14.7 Å². The Morgan fingerprint density at radius 3 is 3.04 bits per heavy atom. The number of hydrogen-bond acceptors (Lipinski definition) is 6. The molecule has 1 aromatic carbocycles. The molecule has 0 radical (unpaired) electrons. The van der Waals surface area contributed by atoms with E-state index in [2.05, 4.69) is 21.2 Å². The Kier molecular flexibility index (Phi) is 2.73. The number of allylic oxidation sites excluding steroid dienone is 1. The molecular formula is C15H14N4O4. The van der Waals surface area contributed by atoms with Crippen LogP contribution >= 0.6 is 0 Å². The molecule has 0 unspecified atom stereocenters. The Morgan fingerprint density at radius 1 is 1.39 bits per heavy atom. The number of aliphatic hydroxyl groups is 1. The molecule has 4 N–H and O–H groups in total. The second kappa shape index (κ2) is 4.56. The summed E-state index contributed by atoms with van der Waals surface area (Å²) in [5, 5.41) is 18.7. The Hall–Kier alpha value is -2.87. The molecule has 8 nitrogen and oxygen atoms in total. The molecule has 8 heteroatoms. The monoisotopic (exact) mass is 314 g/mol. The molecule has 3 amide bonds. The lowest BCUT2D eigenvalue weighted by molar-refractivity contribution is -0.121. The molecule has 2 atom stereocenters. The third-order valence-corrected chi connectivity index (χ3v) is 3.97. The molecule has 3 aliphatic rings. The van der Waals surface area contributed by atoms with Crippen LogP contribution in [0.15, 0.2) is 34.9 Å². The molecule has 1 saturated heterocycles. The zero-order chi connectivity index (χ0) is 16.2. The van der Waals surface area contributed by atoms with Crippen LogP contribution in [0.4, 0.5) is 4.79 Å². The number of fused-ring (bicyclic) bond motifs is 2. The minimum absolute atomic E-state index is 0.0211. The van der Waals surface area contributed by atoms with Crippen LogP contribution in [0.3, 0.4) is 0 Å². The third kappa shape index (κ3) is 2.15. The summed E-state index contributed by atoms with van der Waals surface area (Å²) >= 11 is 0. The number of hydrazone groups is 1. The average Bonchev–Trinajstić information content (AvgIpc) is 2.85. The zero-order valence-electron chi connectivity index (χ0n) is 12.2. The topological polar surface area (TPSA) is 112 Å². The van der Waals surface area contributed by atoms with Crippen LogP contribution < -0.4 is 20.8 Å². The highest BCUT2D eigenvalue weighted by molar-refractivity contribution is 6.17. The maximum atomic E-state index is 11.9. The van der Waals surface area contributed by atoms with Crippen LogP contribution in [-0.4, -0.2) is 34.7 Å². The van der Waals surface area contributed by atoms with Gasteiger partial charge in [-0.15, -0.1) is 0 Å². The van der Waals surface area contributed by atoms with Gasteiger partial charge in [0.05, 0.1) is 11.3 Å². The standard InChI is InChI=1S/C15H14N4O4/c1-7-4-9-5-8(2-3-12(9)23-7)11-6-10-13(20)16-14(21)17-15(10,22)19-18-11/h2-3,5-7,19,22H,4H2,1H3,(H2,16,17,20,21)/t7-,15+/m1/s1. The van der Waals surface area contributed by atoms with E-state index < -0.39 is 17.8 Å². The fourth-order valence-corrected chi connectivity index (χ4v) is 2.90. The second-order valence-corrected chi connectivity index (χ2v) is 5.74. The van der Waals surface area contributed by atoms with Crippen LogP contribution in [0.1, 0.15) is 18.1 Å². The summed E-state index contributed by atoms with van der Waals surface area (Å²) in [5.41, 5.74) is 4.75. The molecule has 0 aliphatic carbocycles. The van der Waals surface area contributed by atoms with Crippen LogP contribution in [0.2, 0.25) is 0 Å². The van der Waals surface area contributed by atoms with Crippen molar-refractivity contribution in [2.24, 2.45) is 5.10 Å². The largest absolute Gasteiger partial charge is 0.490 e. The van der Waals surface area contributed by atoms with Crippen molar-refractivity contribution in [2.45, 2.75) is 25.3 Å². The quantitative estimate of drug-likeness (QED) is 0.570. The van der Waals surface area contributed by atoms with Gasteiger partial charge in [-0.2, -0.15) is 5.10 Å². The van der Waals surface area contributed by atoms with Gasteiger partial charge >= 0.3 is 6.03 Å². The van der Waals surface area contributed by atoms with Gasteiger partial charge < -0.3 is 9.84 Å². The smallest absolute Gasteiger partial charge is 0.325 e. The van der Waals surface area contributed by atoms with Gasteiger partial charge in [0, 0.05) is 12.0 Å². The molecule has 0 aromatic heterocycles. The van der Waals surface area contributed by atoms with Crippen molar-refractivity contribution in [1.29, 1.82) is 0 Å². The number of nitrogens with one attached hydrogen (secondary N) is 3. The van der Waals surface area contributed by atoms with Crippen LogP contribution in [0, 0.1) is 0 Å². The second-order valence-electron chi connectivity index (χ2n) is 5.74. The Bertz CT molecular complexity index is 801. The molecular weight excluding hydrogens is 300 g/mol. The van der Waals surface area contributed by atoms with Gasteiger partial charge in [0.2, 0.25) is 0 Å². The van der Waals surface area contributed by atoms with Crippen molar-refractivity contribution >= 4 is 17.6 Å². The summed E-state index contributed by atoms with van der Waals surface area (Å²) in [5.74, 6) is -1.82. The molecule has 0 bridgehead atoms. The lowest BCUT2D eigenvalue weighted by Crippen LogP contribution is -2.69. The van der Waals surface area contributed by atoms with E-state index in [1.807, 2.05) is 25.1 Å². The number of hydrogen-bond donors (Lipinski definition) is 4. The van der Waals surface area contributed by atoms with E-state index in [4.69, 9.17) is 4.74 Å². The fraction of sp³-hybridized carbons (Fsp3) is 0.267. The lowest BCUT2D eigenvalue weighted by atomic mass is 9.98. The van der Waals surface area contributed by atoms with Crippen molar-refractivity contribution in [2.75, 3.05) is 0 Å². The van der Waals surface area contributed by atoms with Gasteiger partial charge in [-0.3, -0.25) is 20.9 Å². The summed E-state index contributed by atoms with van der Waals surface area (Å²) in [6, 6.07) is 4.85. The zero-order valence-corrected chi connectivity index (χ0v) is 12.2. The number of nitrogens with zero attached hydrogens (tertiary/aromatic N) is 1. The van der Waals surface area contributed by atoms with Crippen molar-refractivity contribution in [3.63, 3.8) is 0 Å². The highest BCUT2D eigenvalue weighted by Crippen LogP contribution is 2.30. The van der Waals surface area contributed by atoms with Crippen LogP contribution in [0.5, 0.6) is 5.75 Å². The SMILES string of the molecule is C[C@@H]1Cc2cc(C3=NN[C@@]4(O)NC(=O)NC(=O)C4=C3)ccc2O1. The Labute approximate surface area is 131 Å². The summed E-state index contributed by atoms with van der Waals surface area (Å²) in [7, 11) is 0. The van der Waals surface area contributed by atoms with Gasteiger partial charge in [0.15, 0.2) is 0 Å². The highest BCUT2D eigenvalue weighted by atomic mass is 16.5. The number of benzene rings is 1. The molecule has 3 aliphatic heterocycles. The average molecular weight is 314 g/mol. The molecule has 23 heavy (non-hydrogen) atoms. The first kappa shape index (κ1) is 13.8. The van der Waals surface area contributed by atoms with Crippen molar-refractivity contribution < 1.29 is 19.4 Å². The Balaban J connectivity index is 1.70. The number of imide groups is 1. The maximum Gasteiger partial charge on any atom is 0.325 e. The fourth-order valence-electron chi connectivity index (χ4n) is 2.90. The normalized spacial score (nSPS) is 28.3. The van der Waals surface area contributed by atoms with E-state index >= 15 is 0 Å². The number of rotatable bonds is 1. The Morgan fingerprint density at radius 2 is 2.22 bits per heavy atom. The summed E-state index contributed by atoms with van der Waals surface area (Å²) < 4.78 is 5.66. The summed E-state index contributed by atoms with van der Waals surface area (Å²) in [4.78, 5) is 23.2. The first-order valence-corrected chi connectivity index (χ1v) is 7.17. The van der Waals surface area contributed by atoms with Gasteiger partial charge in [0.1, 0.15) is 11.9 Å². The number of amides is 3. The maximum absolute atomic E-state index is 11.9. The van der Waals surface area contributed by atoms with E-state index in [0.717, 1.165) is 23.3 Å². The molecule has 1 fully saturated rings. The third-order valence-electron chi connectivity index (χ3n) is 3.97. The predicted molar refractivity (Wildman–Crippen MR) is 79.6 cm³/mol. The minimum atomic E-state index is -1.99. The number of ether oxygens (including phenoxy) is 1. The summed E-state index contributed by atoms with van der Waals surface area (Å²) in [6.07, 6.45) is 2.39. The molecule has 0 spiro atoms. The van der Waals surface area contributed by atoms with Crippen molar-refractivity contribution in [1.82, 2.24) is 16.1 Å². The van der Waals surface area contributed by atoms with Crippen LogP contribution in [-0.2, 0) is 11.2 Å². The number of carbonyl (C=O) groups is 2. The lowest BCUT2D eigenvalue weighted by Gasteiger charge is -2.36. The predicted octanol–water partition coefficient (Wildman–Crippen LogP) is -0.271. The molecule has 0 saturated carbocycles. The first-order chi connectivity index (χ1) is 10.9.